The molecule has 0 spiro atoms. The van der Waals surface area contributed by atoms with Gasteiger partial charge in [0.15, 0.2) is 0 Å². The fourth-order valence-electron chi connectivity index (χ4n) is 3.38. The maximum atomic E-state index is 12.6. The number of carbonyl (C=O) groups excluding carboxylic acids is 2. The van der Waals surface area contributed by atoms with Gasteiger partial charge in [0.25, 0.3) is 5.91 Å². The summed E-state index contributed by atoms with van der Waals surface area (Å²) < 4.78 is 15.8. The largest absolute Gasteiger partial charge is 0.497 e. The van der Waals surface area contributed by atoms with Gasteiger partial charge in [-0.05, 0) is 55.5 Å². The van der Waals surface area contributed by atoms with E-state index in [1.807, 2.05) is 30.3 Å². The van der Waals surface area contributed by atoms with Gasteiger partial charge in [-0.15, -0.1) is 0 Å². The molecule has 10 heteroatoms. The number of benzene rings is 2. The molecule has 3 N–H and O–H groups in total. The molecule has 0 saturated carbocycles. The van der Waals surface area contributed by atoms with Crippen LogP contribution in [0.4, 0.5) is 5.69 Å². The molecule has 0 saturated heterocycles. The van der Waals surface area contributed by atoms with Gasteiger partial charge >= 0.3 is 0 Å². The highest BCUT2D eigenvalue weighted by molar-refractivity contribution is 5.93. The van der Waals surface area contributed by atoms with Crippen molar-refractivity contribution < 1.29 is 23.5 Å². The minimum Gasteiger partial charge on any atom is -0.497 e. The van der Waals surface area contributed by atoms with Crippen LogP contribution in [0.25, 0.3) is 22.7 Å². The lowest BCUT2D eigenvalue weighted by Gasteiger charge is -2.05. The summed E-state index contributed by atoms with van der Waals surface area (Å²) >= 11 is 0. The highest BCUT2D eigenvalue weighted by Gasteiger charge is 2.16. The first kappa shape index (κ1) is 23.7. The molecule has 2 aromatic heterocycles. The number of ether oxygens (including phenoxy) is 2. The van der Waals surface area contributed by atoms with Crippen molar-refractivity contribution in [2.24, 2.45) is 0 Å². The highest BCUT2D eigenvalue weighted by atomic mass is 16.5. The molecule has 35 heavy (non-hydrogen) atoms. The van der Waals surface area contributed by atoms with Crippen LogP contribution in [0.3, 0.4) is 0 Å². The van der Waals surface area contributed by atoms with Crippen molar-refractivity contribution in [3.05, 3.63) is 71.7 Å². The number of amides is 2. The number of anilines is 1. The van der Waals surface area contributed by atoms with Crippen molar-refractivity contribution in [2.75, 3.05) is 26.1 Å². The van der Waals surface area contributed by atoms with E-state index >= 15 is 0 Å². The first-order chi connectivity index (χ1) is 17.0. The van der Waals surface area contributed by atoms with Crippen LogP contribution in [0, 0.1) is 6.92 Å². The summed E-state index contributed by atoms with van der Waals surface area (Å²) in [4.78, 5) is 28.9. The summed E-state index contributed by atoms with van der Waals surface area (Å²) in [6.45, 7) is 1.92. The number of nitrogens with one attached hydrogen (secondary N) is 3. The lowest BCUT2D eigenvalue weighted by Crippen LogP contribution is -2.23. The number of oxazole rings is 1. The van der Waals surface area contributed by atoms with E-state index in [0.717, 1.165) is 11.3 Å². The Kier molecular flexibility index (Phi) is 7.22. The van der Waals surface area contributed by atoms with E-state index in [4.69, 9.17) is 13.9 Å². The van der Waals surface area contributed by atoms with Crippen LogP contribution >= 0.6 is 0 Å². The number of hydrogen-bond donors (Lipinski definition) is 3. The summed E-state index contributed by atoms with van der Waals surface area (Å²) in [5.74, 6) is 1.14. The Morgan fingerprint density at radius 1 is 1.06 bits per heavy atom. The maximum absolute atomic E-state index is 12.6. The van der Waals surface area contributed by atoms with Crippen LogP contribution in [0.15, 0.2) is 59.0 Å². The molecule has 180 valence electrons. The number of hydrogen-bond acceptors (Lipinski definition) is 7. The van der Waals surface area contributed by atoms with E-state index in [-0.39, 0.29) is 25.0 Å². The van der Waals surface area contributed by atoms with Gasteiger partial charge in [0, 0.05) is 23.9 Å². The number of methoxy groups -OCH3 is 2. The minimum atomic E-state index is -0.316. The first-order valence-corrected chi connectivity index (χ1v) is 10.8. The third-order valence-electron chi connectivity index (χ3n) is 5.19. The summed E-state index contributed by atoms with van der Waals surface area (Å²) in [5.41, 5.74) is 3.73. The van der Waals surface area contributed by atoms with Gasteiger partial charge < -0.3 is 24.5 Å². The number of rotatable bonds is 9. The number of H-pyrrole nitrogens is 1. The topological polar surface area (TPSA) is 131 Å². The van der Waals surface area contributed by atoms with Crippen molar-refractivity contribution in [3.8, 4) is 28.5 Å². The van der Waals surface area contributed by atoms with Crippen molar-refractivity contribution in [3.63, 3.8) is 0 Å². The van der Waals surface area contributed by atoms with E-state index in [1.54, 1.807) is 38.3 Å². The van der Waals surface area contributed by atoms with Crippen LogP contribution in [0.1, 0.15) is 21.9 Å². The molecule has 0 aliphatic rings. The molecule has 0 bridgehead atoms. The Hall–Kier alpha value is -4.44. The molecule has 2 amide bonds. The molecule has 0 unspecified atom stereocenters. The molecular formula is C25H25N5O5. The zero-order valence-corrected chi connectivity index (χ0v) is 19.5. The number of aromatic amines is 1. The molecule has 0 aliphatic heterocycles. The fourth-order valence-corrected chi connectivity index (χ4v) is 3.38. The lowest BCUT2D eigenvalue weighted by atomic mass is 10.1. The molecule has 4 aromatic rings. The molecule has 2 aromatic carbocycles. The molecule has 0 atom stereocenters. The van der Waals surface area contributed by atoms with Crippen molar-refractivity contribution in [1.82, 2.24) is 20.5 Å². The molecular weight excluding hydrogens is 450 g/mol. The van der Waals surface area contributed by atoms with E-state index in [9.17, 15) is 9.59 Å². The van der Waals surface area contributed by atoms with Gasteiger partial charge in [-0.25, -0.2) is 4.98 Å². The maximum Gasteiger partial charge on any atom is 0.269 e. The van der Waals surface area contributed by atoms with Gasteiger partial charge in [0.1, 0.15) is 29.5 Å². The van der Waals surface area contributed by atoms with E-state index in [2.05, 4.69) is 25.8 Å². The van der Waals surface area contributed by atoms with Gasteiger partial charge in [-0.1, -0.05) is 6.07 Å². The van der Waals surface area contributed by atoms with Gasteiger partial charge in [-0.3, -0.25) is 14.7 Å². The van der Waals surface area contributed by atoms with Crippen LogP contribution in [-0.2, 0) is 16.1 Å². The molecule has 0 radical (unpaired) electrons. The summed E-state index contributed by atoms with van der Waals surface area (Å²) in [5, 5.41) is 12.6. The Morgan fingerprint density at radius 2 is 1.86 bits per heavy atom. The predicted octanol–water partition coefficient (Wildman–Crippen LogP) is 3.56. The normalized spacial score (nSPS) is 10.7. The zero-order chi connectivity index (χ0) is 24.8. The van der Waals surface area contributed by atoms with Crippen LogP contribution < -0.4 is 15.4 Å². The second-order valence-corrected chi connectivity index (χ2v) is 7.66. The molecule has 2 heterocycles. The monoisotopic (exact) mass is 475 g/mol. The average Bonchev–Trinajstić information content (AvgIpc) is 3.50. The lowest BCUT2D eigenvalue weighted by molar-refractivity contribution is -0.119. The summed E-state index contributed by atoms with van der Waals surface area (Å²) in [6.07, 6.45) is 0. The third-order valence-corrected chi connectivity index (χ3v) is 5.19. The van der Waals surface area contributed by atoms with Crippen LogP contribution in [0.5, 0.6) is 5.75 Å². The predicted molar refractivity (Wildman–Crippen MR) is 129 cm³/mol. The Morgan fingerprint density at radius 3 is 2.60 bits per heavy atom. The van der Waals surface area contributed by atoms with E-state index in [0.29, 0.717) is 40.0 Å². The molecule has 10 nitrogen and oxygen atoms in total. The number of carbonyl (C=O) groups is 2. The average molecular weight is 476 g/mol. The second kappa shape index (κ2) is 10.7. The molecule has 0 fully saturated rings. The van der Waals surface area contributed by atoms with E-state index < -0.39 is 0 Å². The van der Waals surface area contributed by atoms with Gasteiger partial charge in [0.05, 0.1) is 19.3 Å². The fraction of sp³-hybridized carbons (Fsp3) is 0.200. The number of aryl methyl sites for hydroxylation is 1. The number of aromatic nitrogens is 3. The summed E-state index contributed by atoms with van der Waals surface area (Å²) in [7, 11) is 3.06. The van der Waals surface area contributed by atoms with Crippen LogP contribution in [-0.4, -0.2) is 47.8 Å². The minimum absolute atomic E-state index is 0.0376. The zero-order valence-electron chi connectivity index (χ0n) is 19.5. The third kappa shape index (κ3) is 5.74. The quantitative estimate of drug-likeness (QED) is 0.337. The van der Waals surface area contributed by atoms with Gasteiger partial charge in [0.2, 0.25) is 11.8 Å². The smallest absolute Gasteiger partial charge is 0.269 e. The SMILES string of the molecule is COCC(=O)Nc1cccc(-c2nc(CNC(=O)c3cc(-c4ccc(OC)cc4)n[nH]3)c(C)o2)c1. The molecule has 0 aliphatic carbocycles. The second-order valence-electron chi connectivity index (χ2n) is 7.66. The Balaban J connectivity index is 1.40. The highest BCUT2D eigenvalue weighted by Crippen LogP contribution is 2.25. The first-order valence-electron chi connectivity index (χ1n) is 10.8. The van der Waals surface area contributed by atoms with Gasteiger partial charge in [-0.2, -0.15) is 5.10 Å². The Bertz CT molecular complexity index is 1330. The standard InChI is InChI=1S/C25H25N5O5/c1-15-22(28-25(35-15)17-5-4-6-18(11-17)27-23(31)14-33-2)13-26-24(32)21-12-20(29-30-21)16-7-9-19(34-3)10-8-16/h4-12H,13-14H2,1-3H3,(H,26,32)(H,27,31)(H,29,30). The van der Waals surface area contributed by atoms with Crippen molar-refractivity contribution in [2.45, 2.75) is 13.5 Å². The van der Waals surface area contributed by atoms with Crippen molar-refractivity contribution in [1.29, 1.82) is 0 Å². The Labute approximate surface area is 201 Å². The molecule has 4 rings (SSSR count). The number of nitrogens with zero attached hydrogens (tertiary/aromatic N) is 2. The van der Waals surface area contributed by atoms with E-state index in [1.165, 1.54) is 7.11 Å². The van der Waals surface area contributed by atoms with Crippen LogP contribution in [0.2, 0.25) is 0 Å². The van der Waals surface area contributed by atoms with Crippen molar-refractivity contribution >= 4 is 17.5 Å². The summed E-state index contributed by atoms with van der Waals surface area (Å²) in [6, 6.07) is 16.2.